The first-order chi connectivity index (χ1) is 49.2. The standard InChI is InChI=1S/C10H10N2.C10H11NO.C10H9N.C10H13N.C8H8N4.C8H10O.C7H8.C6H7N5.C6H8N2O2.C6H7N.CH4/c1-12-8-10(7-11-12)9-5-3-2-4-6-9;1-7-2-4-9-8(6-7)3-5-10(12)11-9;1-8-4-2-5-9-6-3-7-11-10(8)9;1-11-7-6-9-4-2-3-5-10(9)8-11;1-12-6-10-8(11-12)7-3-2-4-9-5-7;1-7-3-5-8(9-2)6-4-7;1-7-5-3-2-4-6-7;1-11-3-10-4-5(7)8-2-9-6(4)11;1-4-3-8(2)6(10)7-5(4)9;1-6-4-2-3-5-7-6;/h2-8H,1H3;2,4,6H,3,5H2,1H3,(H,11,12);2-7H,1H3;2-5H,6-8H2,1H3;2-6H,1H3;3-6H,1-2H3;2-6H,1H3;2-3H,1H3,(H2,7,8,9);3H,1-2H3,(H,7,9,10);2-5H,1H3;1H4. The van der Waals surface area contributed by atoms with Crippen molar-refractivity contribution in [2.24, 2.45) is 28.2 Å². The van der Waals surface area contributed by atoms with Crippen LogP contribution in [0.25, 0.3) is 44.6 Å². The first-order valence-corrected chi connectivity index (χ1v) is 33.1. The number of nitrogens with two attached hydrogens (primary N) is 1. The second-order valence-corrected chi connectivity index (χ2v) is 24.0. The van der Waals surface area contributed by atoms with Gasteiger partial charge < -0.3 is 29.8 Å². The third-order valence-corrected chi connectivity index (χ3v) is 15.5. The summed E-state index contributed by atoms with van der Waals surface area (Å²) in [6.45, 7) is 14.2. The van der Waals surface area contributed by atoms with E-state index in [1.165, 1.54) is 80.0 Å². The second-order valence-electron chi connectivity index (χ2n) is 24.0. The van der Waals surface area contributed by atoms with Crippen molar-refractivity contribution in [2.45, 2.75) is 74.8 Å². The zero-order valence-corrected chi connectivity index (χ0v) is 60.2. The third-order valence-electron chi connectivity index (χ3n) is 15.5. The van der Waals surface area contributed by atoms with Crippen molar-refractivity contribution >= 4 is 39.5 Å². The van der Waals surface area contributed by atoms with Crippen molar-refractivity contribution in [2.75, 3.05) is 31.8 Å². The smallest absolute Gasteiger partial charge is 0.328 e. The van der Waals surface area contributed by atoms with Gasteiger partial charge in [-0.2, -0.15) is 10.2 Å². The third kappa shape index (κ3) is 27.0. The molecule has 21 nitrogen and oxygen atoms in total. The molecule has 532 valence electrons. The summed E-state index contributed by atoms with van der Waals surface area (Å²) in [6, 6.07) is 63.2. The summed E-state index contributed by atoms with van der Waals surface area (Å²) in [5.74, 6) is 2.19. The second kappa shape index (κ2) is 41.9. The Balaban J connectivity index is 0.000000180. The van der Waals surface area contributed by atoms with Crippen LogP contribution in [0.4, 0.5) is 11.5 Å². The number of para-hydroxylation sites is 1. The number of nitrogens with one attached hydrogen (secondary N) is 2. The molecule has 0 saturated heterocycles. The summed E-state index contributed by atoms with van der Waals surface area (Å²) in [7, 11) is 11.1. The average molecular weight is 1380 g/mol. The molecule has 0 spiro atoms. The number of pyridine rings is 3. The van der Waals surface area contributed by atoms with Gasteiger partial charge >= 0.3 is 5.69 Å². The maximum Gasteiger partial charge on any atom is 0.328 e. The number of fused-ring (bicyclic) bond motifs is 4. The molecule has 4 N–H and O–H groups in total. The Morgan fingerprint density at radius 2 is 1.17 bits per heavy atom. The highest BCUT2D eigenvalue weighted by Crippen LogP contribution is 2.24. The molecule has 0 unspecified atom stereocenters. The number of hydrogen-bond donors (Lipinski definition) is 3. The Morgan fingerprint density at radius 3 is 1.77 bits per heavy atom. The fourth-order valence-electron chi connectivity index (χ4n) is 9.89. The number of hydrogen-bond acceptors (Lipinski definition) is 15. The Bertz CT molecular complexity index is 4770. The van der Waals surface area contributed by atoms with Crippen LogP contribution in [0.15, 0.2) is 260 Å². The molecule has 0 saturated carbocycles. The number of carbonyl (C=O) groups excluding carboxylic acids is 1. The van der Waals surface area contributed by atoms with Gasteiger partial charge in [0.2, 0.25) is 5.91 Å². The molecule has 10 heterocycles. The highest BCUT2D eigenvalue weighted by atomic mass is 16.5. The zero-order valence-electron chi connectivity index (χ0n) is 60.2. The van der Waals surface area contributed by atoms with Gasteiger partial charge in [-0.05, 0) is 138 Å². The number of H-pyrrole nitrogens is 1. The van der Waals surface area contributed by atoms with Crippen molar-refractivity contribution < 1.29 is 9.53 Å². The maximum absolute atomic E-state index is 11.0. The summed E-state index contributed by atoms with van der Waals surface area (Å²) in [5, 5.41) is 12.3. The van der Waals surface area contributed by atoms with Crippen LogP contribution in [0.2, 0.25) is 0 Å². The highest BCUT2D eigenvalue weighted by molar-refractivity contribution is 5.94. The molecule has 2 aliphatic heterocycles. The Morgan fingerprint density at radius 1 is 0.505 bits per heavy atom. The molecule has 14 aromatic rings. The number of aryl methyl sites for hydroxylation is 11. The molecule has 6 aromatic carbocycles. The SMILES string of the molecule is C.CN1CCc2ccccc2C1.COc1ccc(C)cc1.Cc1ccc2c(c1)CCC(=O)N2.Cc1cccc2cccnc12.Cc1ccccc1.Cc1ccccn1.Cc1cn(C)c(=O)[nH]c1=O.Cn1cc(-c2ccccc2)cn1.Cn1cnc(-c2cccnc2)n1.Cn1cnc2c(N)ncnc21. The van der Waals surface area contributed by atoms with Crippen LogP contribution >= 0.6 is 0 Å². The number of benzene rings is 6. The fraction of sp³-hybridized carbons (Fsp3) is 0.220. The minimum absolute atomic E-state index is 0. The number of methoxy groups -OCH3 is 1. The number of imidazole rings is 1. The Labute approximate surface area is 603 Å². The summed E-state index contributed by atoms with van der Waals surface area (Å²) in [6.07, 6.45) is 19.9. The quantitative estimate of drug-likeness (QED) is 0.149. The fourth-order valence-corrected chi connectivity index (χ4v) is 9.89. The molecule has 0 aliphatic carbocycles. The number of rotatable bonds is 3. The van der Waals surface area contributed by atoms with E-state index >= 15 is 0 Å². The molecule has 21 heteroatoms. The van der Waals surface area contributed by atoms with Crippen LogP contribution in [-0.4, -0.2) is 100 Å². The van der Waals surface area contributed by atoms with Crippen molar-refractivity contribution in [3.8, 4) is 28.3 Å². The molecule has 0 radical (unpaired) electrons. The molecular weight excluding hydrogens is 1290 g/mol. The van der Waals surface area contributed by atoms with Gasteiger partial charge in [-0.3, -0.25) is 38.9 Å². The van der Waals surface area contributed by atoms with Gasteiger partial charge in [-0.1, -0.05) is 164 Å². The van der Waals surface area contributed by atoms with E-state index in [2.05, 4.69) is 174 Å². The lowest BCUT2D eigenvalue weighted by atomic mass is 10.0. The first-order valence-electron chi connectivity index (χ1n) is 33.1. The number of nitrogen functional groups attached to an aromatic ring is 1. The van der Waals surface area contributed by atoms with E-state index in [1.54, 1.807) is 61.6 Å². The Kier molecular flexibility index (Phi) is 32.4. The van der Waals surface area contributed by atoms with E-state index in [-0.39, 0.29) is 24.6 Å². The minimum atomic E-state index is -0.379. The number of aromatic nitrogens is 14. The van der Waals surface area contributed by atoms with E-state index in [1.807, 2.05) is 161 Å². The molecule has 0 fully saturated rings. The summed E-state index contributed by atoms with van der Waals surface area (Å²) < 4.78 is 11.6. The van der Waals surface area contributed by atoms with Crippen molar-refractivity contribution in [1.29, 1.82) is 0 Å². The Hall–Kier alpha value is -12.4. The number of likely N-dealkylation sites (N-methyl/N-ethyl adjacent to an activating group) is 1. The van der Waals surface area contributed by atoms with Crippen molar-refractivity contribution in [3.63, 3.8) is 0 Å². The zero-order chi connectivity index (χ0) is 73.2. The summed E-state index contributed by atoms with van der Waals surface area (Å²) in [4.78, 5) is 65.1. The highest BCUT2D eigenvalue weighted by Gasteiger charge is 2.14. The largest absolute Gasteiger partial charge is 0.497 e. The topological polar surface area (TPSA) is 253 Å². The molecule has 0 bridgehead atoms. The van der Waals surface area contributed by atoms with Crippen LogP contribution in [-0.2, 0) is 52.4 Å². The van der Waals surface area contributed by atoms with E-state index in [4.69, 9.17) is 10.5 Å². The first kappa shape index (κ1) is 79.6. The molecule has 8 aromatic heterocycles. The number of nitrogens with zero attached hydrogens (tertiary/aromatic N) is 14. The molecular formula is C82H95N17O4. The molecule has 16 rings (SSSR count). The van der Waals surface area contributed by atoms with E-state index in [0.29, 0.717) is 29.1 Å². The summed E-state index contributed by atoms with van der Waals surface area (Å²) in [5.41, 5.74) is 22.7. The monoisotopic (exact) mass is 1380 g/mol. The minimum Gasteiger partial charge on any atom is -0.497 e. The van der Waals surface area contributed by atoms with E-state index in [0.717, 1.165) is 52.4 Å². The lowest BCUT2D eigenvalue weighted by molar-refractivity contribution is -0.116. The average Bonchev–Trinajstić information content (AvgIpc) is 1.38. The molecule has 0 atom stereocenters. The predicted molar refractivity (Wildman–Crippen MR) is 416 cm³/mol. The maximum atomic E-state index is 11.0. The van der Waals surface area contributed by atoms with Gasteiger partial charge in [0.25, 0.3) is 5.56 Å². The van der Waals surface area contributed by atoms with Crippen LogP contribution in [0.3, 0.4) is 0 Å². The predicted octanol–water partition coefficient (Wildman–Crippen LogP) is 14.4. The van der Waals surface area contributed by atoms with E-state index in [9.17, 15) is 14.4 Å². The van der Waals surface area contributed by atoms with Gasteiger partial charge in [0.1, 0.15) is 23.9 Å². The number of aromatic amines is 1. The number of ether oxygens (including phenoxy) is 1. The van der Waals surface area contributed by atoms with Crippen molar-refractivity contribution in [3.05, 3.63) is 321 Å². The van der Waals surface area contributed by atoms with Crippen LogP contribution in [0, 0.1) is 41.5 Å². The normalized spacial score (nSPS) is 11.2. The van der Waals surface area contributed by atoms with E-state index < -0.39 is 0 Å². The lowest BCUT2D eigenvalue weighted by Gasteiger charge is -2.24. The number of carbonyl (C=O) groups is 1. The van der Waals surface area contributed by atoms with Crippen molar-refractivity contribution in [1.82, 2.24) is 73.5 Å². The van der Waals surface area contributed by atoms with Crippen LogP contribution < -0.4 is 27.0 Å². The molecule has 103 heavy (non-hydrogen) atoms. The van der Waals surface area contributed by atoms with Gasteiger partial charge in [0, 0.05) is 118 Å². The van der Waals surface area contributed by atoms with Crippen LogP contribution in [0.5, 0.6) is 5.75 Å². The van der Waals surface area contributed by atoms with Gasteiger partial charge in [-0.15, -0.1) is 0 Å². The number of amides is 1. The van der Waals surface area contributed by atoms with Gasteiger partial charge in [0.05, 0.1) is 25.2 Å². The van der Waals surface area contributed by atoms with Crippen LogP contribution in [0.1, 0.15) is 64.0 Å². The summed E-state index contributed by atoms with van der Waals surface area (Å²) >= 11 is 0. The van der Waals surface area contributed by atoms with Gasteiger partial charge in [-0.25, -0.2) is 24.7 Å². The number of anilines is 2. The molecule has 2 aliphatic rings. The van der Waals surface area contributed by atoms with Gasteiger partial charge in [0.15, 0.2) is 17.3 Å². The molecule has 1 amide bonds. The lowest BCUT2D eigenvalue weighted by Crippen LogP contribution is -2.28.